The predicted octanol–water partition coefficient (Wildman–Crippen LogP) is 6.72. The lowest BCUT2D eigenvalue weighted by atomic mass is 10.0. The van der Waals surface area contributed by atoms with Crippen LogP contribution in [0.25, 0.3) is 55.8 Å². The molecular formula is C27H19N3O. The van der Waals surface area contributed by atoms with Crippen LogP contribution in [0.15, 0.2) is 101 Å². The van der Waals surface area contributed by atoms with Crippen molar-refractivity contribution in [2.75, 3.05) is 0 Å². The average molecular weight is 401 g/mol. The zero-order valence-corrected chi connectivity index (χ0v) is 17.0. The van der Waals surface area contributed by atoms with E-state index >= 15 is 0 Å². The highest BCUT2D eigenvalue weighted by molar-refractivity contribution is 6.09. The van der Waals surface area contributed by atoms with Crippen LogP contribution in [0.1, 0.15) is 0 Å². The van der Waals surface area contributed by atoms with E-state index in [1.165, 1.54) is 27.4 Å². The van der Waals surface area contributed by atoms with Crippen molar-refractivity contribution in [3.8, 4) is 34.0 Å². The summed E-state index contributed by atoms with van der Waals surface area (Å²) in [5, 5.41) is 11.0. The van der Waals surface area contributed by atoms with Crippen LogP contribution in [0.2, 0.25) is 0 Å². The monoisotopic (exact) mass is 401 g/mol. The highest BCUT2D eigenvalue weighted by atomic mass is 16.4. The van der Waals surface area contributed by atoms with E-state index < -0.39 is 0 Å². The molecule has 0 atom stereocenters. The Morgan fingerprint density at radius 1 is 0.548 bits per heavy atom. The molecule has 0 aliphatic heterocycles. The Hall–Kier alpha value is -4.18. The predicted molar refractivity (Wildman–Crippen MR) is 125 cm³/mol. The van der Waals surface area contributed by atoms with Gasteiger partial charge in [0.2, 0.25) is 11.8 Å². The van der Waals surface area contributed by atoms with Gasteiger partial charge in [0.1, 0.15) is 0 Å². The Morgan fingerprint density at radius 3 is 1.90 bits per heavy atom. The van der Waals surface area contributed by atoms with Crippen LogP contribution >= 0.6 is 0 Å². The third kappa shape index (κ3) is 2.92. The first-order chi connectivity index (χ1) is 15.3. The number of fused-ring (bicyclic) bond motifs is 3. The summed E-state index contributed by atoms with van der Waals surface area (Å²) in [7, 11) is 2.12. The molecule has 0 saturated heterocycles. The number of nitrogens with zero attached hydrogens (tertiary/aromatic N) is 3. The zero-order valence-electron chi connectivity index (χ0n) is 17.0. The third-order valence-corrected chi connectivity index (χ3v) is 5.82. The minimum absolute atomic E-state index is 0.523. The molecule has 6 aromatic rings. The fourth-order valence-electron chi connectivity index (χ4n) is 4.19. The van der Waals surface area contributed by atoms with Gasteiger partial charge in [-0.3, -0.25) is 0 Å². The number of hydrogen-bond acceptors (Lipinski definition) is 3. The summed E-state index contributed by atoms with van der Waals surface area (Å²) in [4.78, 5) is 0. The topological polar surface area (TPSA) is 43.9 Å². The van der Waals surface area contributed by atoms with E-state index in [-0.39, 0.29) is 0 Å². The van der Waals surface area contributed by atoms with E-state index in [0.29, 0.717) is 11.8 Å². The van der Waals surface area contributed by atoms with Crippen molar-refractivity contribution in [1.82, 2.24) is 14.8 Å². The molecule has 0 spiro atoms. The van der Waals surface area contributed by atoms with Gasteiger partial charge in [0, 0.05) is 40.0 Å². The van der Waals surface area contributed by atoms with Crippen LogP contribution in [0.4, 0.5) is 0 Å². The van der Waals surface area contributed by atoms with E-state index in [1.54, 1.807) is 0 Å². The number of aromatic nitrogens is 3. The summed E-state index contributed by atoms with van der Waals surface area (Å²) in [5.41, 5.74) is 6.65. The Kier molecular flexibility index (Phi) is 3.96. The molecule has 2 aromatic heterocycles. The molecule has 6 rings (SSSR count). The van der Waals surface area contributed by atoms with Gasteiger partial charge in [-0.15, -0.1) is 10.2 Å². The highest BCUT2D eigenvalue weighted by Gasteiger charge is 2.12. The second-order valence-corrected chi connectivity index (χ2v) is 7.66. The summed E-state index contributed by atoms with van der Waals surface area (Å²) >= 11 is 0. The summed E-state index contributed by atoms with van der Waals surface area (Å²) in [6, 6.07) is 33.3. The molecule has 148 valence electrons. The molecule has 0 saturated carbocycles. The molecule has 0 aliphatic rings. The van der Waals surface area contributed by atoms with Gasteiger partial charge in [-0.05, 0) is 53.6 Å². The molecule has 4 aromatic carbocycles. The van der Waals surface area contributed by atoms with Crippen LogP contribution in [0, 0.1) is 0 Å². The first kappa shape index (κ1) is 17.7. The van der Waals surface area contributed by atoms with E-state index in [0.717, 1.165) is 16.7 Å². The number of rotatable bonds is 3. The van der Waals surface area contributed by atoms with Crippen molar-refractivity contribution < 1.29 is 4.42 Å². The third-order valence-electron chi connectivity index (χ3n) is 5.82. The van der Waals surface area contributed by atoms with E-state index in [4.69, 9.17) is 4.42 Å². The van der Waals surface area contributed by atoms with Gasteiger partial charge < -0.3 is 8.98 Å². The smallest absolute Gasteiger partial charge is 0.248 e. The molecule has 0 unspecified atom stereocenters. The molecule has 0 N–H and O–H groups in total. The molecule has 0 bridgehead atoms. The second-order valence-electron chi connectivity index (χ2n) is 7.66. The van der Waals surface area contributed by atoms with Crippen molar-refractivity contribution >= 4 is 21.8 Å². The van der Waals surface area contributed by atoms with Gasteiger partial charge in [0.25, 0.3) is 0 Å². The summed E-state index contributed by atoms with van der Waals surface area (Å²) in [6.45, 7) is 0. The molecule has 0 amide bonds. The second kappa shape index (κ2) is 6.96. The molecule has 4 heteroatoms. The average Bonchev–Trinajstić information content (AvgIpc) is 3.44. The first-order valence-electron chi connectivity index (χ1n) is 10.2. The van der Waals surface area contributed by atoms with Crippen molar-refractivity contribution in [3.05, 3.63) is 97.1 Å². The largest absolute Gasteiger partial charge is 0.416 e. The maximum Gasteiger partial charge on any atom is 0.248 e. The van der Waals surface area contributed by atoms with Crippen LogP contribution in [0.3, 0.4) is 0 Å². The summed E-state index contributed by atoms with van der Waals surface area (Å²) in [6.07, 6.45) is 0. The number of aryl methyl sites for hydroxylation is 1. The minimum atomic E-state index is 0.523. The van der Waals surface area contributed by atoms with Crippen LogP contribution in [-0.2, 0) is 7.05 Å². The maximum atomic E-state index is 5.88. The number of para-hydroxylation sites is 1. The van der Waals surface area contributed by atoms with Crippen molar-refractivity contribution in [2.24, 2.45) is 7.05 Å². The van der Waals surface area contributed by atoms with Crippen LogP contribution < -0.4 is 0 Å². The minimum Gasteiger partial charge on any atom is -0.416 e. The lowest BCUT2D eigenvalue weighted by Gasteiger charge is -2.04. The van der Waals surface area contributed by atoms with Gasteiger partial charge in [-0.25, -0.2) is 0 Å². The Bertz CT molecular complexity index is 1530. The van der Waals surface area contributed by atoms with E-state index in [2.05, 4.69) is 76.4 Å². The van der Waals surface area contributed by atoms with Gasteiger partial charge in [-0.1, -0.05) is 54.6 Å². The standard InChI is InChI=1S/C27H19N3O/c1-30-24-10-6-5-9-22(24)23-17-21(15-16-25(23)30)18-11-13-20(14-12-18)27-29-28-26(31-27)19-7-3-2-4-8-19/h2-17H,1H3. The number of hydrogen-bond donors (Lipinski definition) is 0. The fraction of sp³-hybridized carbons (Fsp3) is 0.0370. The van der Waals surface area contributed by atoms with Crippen LogP contribution in [0.5, 0.6) is 0 Å². The lowest BCUT2D eigenvalue weighted by molar-refractivity contribution is 0.584. The summed E-state index contributed by atoms with van der Waals surface area (Å²) in [5.74, 6) is 1.05. The van der Waals surface area contributed by atoms with E-state index in [1.807, 2.05) is 42.5 Å². The normalized spacial score (nSPS) is 11.4. The summed E-state index contributed by atoms with van der Waals surface area (Å²) < 4.78 is 8.13. The lowest BCUT2D eigenvalue weighted by Crippen LogP contribution is -1.86. The molecule has 0 aliphatic carbocycles. The Balaban J connectivity index is 1.36. The maximum absolute atomic E-state index is 5.88. The fourth-order valence-corrected chi connectivity index (χ4v) is 4.19. The molecule has 2 heterocycles. The van der Waals surface area contributed by atoms with Gasteiger partial charge in [0.05, 0.1) is 0 Å². The van der Waals surface area contributed by atoms with Crippen molar-refractivity contribution in [1.29, 1.82) is 0 Å². The van der Waals surface area contributed by atoms with Gasteiger partial charge in [0.15, 0.2) is 0 Å². The Labute approximate surface area is 179 Å². The van der Waals surface area contributed by atoms with Gasteiger partial charge >= 0.3 is 0 Å². The van der Waals surface area contributed by atoms with E-state index in [9.17, 15) is 0 Å². The Morgan fingerprint density at radius 2 is 1.13 bits per heavy atom. The zero-order chi connectivity index (χ0) is 20.8. The van der Waals surface area contributed by atoms with Gasteiger partial charge in [-0.2, -0.15) is 0 Å². The molecule has 31 heavy (non-hydrogen) atoms. The molecule has 0 radical (unpaired) electrons. The van der Waals surface area contributed by atoms with Crippen molar-refractivity contribution in [3.63, 3.8) is 0 Å². The molecule has 4 nitrogen and oxygen atoms in total. The van der Waals surface area contributed by atoms with Crippen LogP contribution in [-0.4, -0.2) is 14.8 Å². The van der Waals surface area contributed by atoms with Crippen molar-refractivity contribution in [2.45, 2.75) is 0 Å². The molecular weight excluding hydrogens is 382 g/mol. The molecule has 0 fully saturated rings. The number of benzene rings is 4. The SMILES string of the molecule is Cn1c2ccccc2c2cc(-c3ccc(-c4nnc(-c5ccccc5)o4)cc3)ccc21. The first-order valence-corrected chi connectivity index (χ1v) is 10.2. The highest BCUT2D eigenvalue weighted by Crippen LogP contribution is 2.33. The quantitative estimate of drug-likeness (QED) is 0.331.